The van der Waals surface area contributed by atoms with Gasteiger partial charge in [-0.1, -0.05) is 340 Å². The standard InChI is InChI=1S/C114H109BN4/c1-108(2,3)74-46-36-68(37-47-74)87-60-78(112(13,14)15)61-88(69-38-48-75(49-39-69)109(4,5)6)106(87)118-97-66-81(116-93-34-24-22-30-83(93)84-31-23-25-35-94(84)116)54-56-91(97)115-92-57-55-82(117-95-58-44-72-28-26-32-85-86-33-27-29-73-45-59-96(117)104(102(73)86)103(95)101(72)85)67-98(92)119(100-65-80(114(19,20)21)64-99(118)105(100)115)107-89(70-40-50-76(51-41-70)110(7,8)9)62-79(113(16,17)18)63-90(107)71-42-52-77(53-43-71)111(10,11)12/h22-67H,1-21H3. The lowest BCUT2D eigenvalue weighted by molar-refractivity contribution is 0.589. The first-order valence-electron chi connectivity index (χ1n) is 43.2. The highest BCUT2D eigenvalue weighted by Gasteiger charge is 2.47. The van der Waals surface area contributed by atoms with Gasteiger partial charge < -0.3 is 18.9 Å². The highest BCUT2D eigenvalue weighted by molar-refractivity contribution is 7.00. The highest BCUT2D eigenvalue weighted by Crippen LogP contribution is 2.57. The number of rotatable bonds is 8. The van der Waals surface area contributed by atoms with E-state index in [1.807, 2.05) is 0 Å². The Balaban J connectivity index is 0.981. The lowest BCUT2D eigenvalue weighted by atomic mass is 9.33. The molecule has 16 aromatic carbocycles. The van der Waals surface area contributed by atoms with E-state index in [9.17, 15) is 0 Å². The molecule has 0 radical (unpaired) electrons. The van der Waals surface area contributed by atoms with E-state index in [0.717, 1.165) is 45.5 Å². The molecule has 0 N–H and O–H groups in total. The van der Waals surface area contributed by atoms with Crippen LogP contribution in [0.4, 0.5) is 34.1 Å². The topological polar surface area (TPSA) is 16.3 Å². The van der Waals surface area contributed by atoms with Crippen LogP contribution in [0.25, 0.3) is 132 Å². The first kappa shape index (κ1) is 75.8. The van der Waals surface area contributed by atoms with Gasteiger partial charge in [-0.05, 0) is 233 Å². The Bertz CT molecular complexity index is 6840. The number of aromatic nitrogens is 2. The minimum Gasteiger partial charge on any atom is -0.310 e. The largest absolute Gasteiger partial charge is 0.310 e. The van der Waals surface area contributed by atoms with Crippen LogP contribution < -0.4 is 26.2 Å². The molecule has 119 heavy (non-hydrogen) atoms. The maximum Gasteiger partial charge on any atom is 0.252 e. The summed E-state index contributed by atoms with van der Waals surface area (Å²) >= 11 is 0. The average molecular weight is 1550 g/mol. The van der Waals surface area contributed by atoms with Crippen LogP contribution in [0.5, 0.6) is 0 Å². The molecule has 0 bridgehead atoms. The third-order valence-corrected chi connectivity index (χ3v) is 26.7. The lowest BCUT2D eigenvalue weighted by Gasteiger charge is -2.47. The monoisotopic (exact) mass is 1540 g/mol. The molecule has 0 spiro atoms. The average Bonchev–Trinajstić information content (AvgIpc) is 1.62. The van der Waals surface area contributed by atoms with E-state index in [2.05, 4.69) is 443 Å². The molecular weight excluding hydrogens is 1440 g/mol. The Hall–Kier alpha value is -11.9. The quantitative estimate of drug-likeness (QED) is 0.0856. The zero-order chi connectivity index (χ0) is 83.0. The number of nitrogens with zero attached hydrogens (tertiary/aromatic N) is 4. The first-order valence-corrected chi connectivity index (χ1v) is 43.2. The molecule has 2 aliphatic rings. The Morgan fingerprint density at radius 3 is 0.832 bits per heavy atom. The van der Waals surface area contributed by atoms with Crippen LogP contribution in [0, 0.1) is 0 Å². The second kappa shape index (κ2) is 26.3. The summed E-state index contributed by atoms with van der Waals surface area (Å²) in [6, 6.07) is 111. The molecule has 0 saturated heterocycles. The van der Waals surface area contributed by atoms with Crippen molar-refractivity contribution in [1.82, 2.24) is 9.13 Å². The van der Waals surface area contributed by atoms with Gasteiger partial charge in [0.2, 0.25) is 0 Å². The van der Waals surface area contributed by atoms with Crippen molar-refractivity contribution in [1.29, 1.82) is 0 Å². The Kier molecular flexibility index (Phi) is 16.7. The van der Waals surface area contributed by atoms with Crippen LogP contribution in [0.15, 0.2) is 279 Å². The smallest absolute Gasteiger partial charge is 0.252 e. The summed E-state index contributed by atoms with van der Waals surface area (Å²) in [5, 5.41) is 12.9. The van der Waals surface area contributed by atoms with E-state index >= 15 is 0 Å². The fourth-order valence-electron chi connectivity index (χ4n) is 19.9. The molecule has 4 heterocycles. The SMILES string of the molecule is CC(C)(C)c1ccc(-c2cc(C(C)(C)C)cc(-c3ccc(C(C)(C)C)cc3)c2N2c3cc(-n4c5ccccc5c5ccccc54)ccc3B3c4ccc(-n5c6ccc7cccc8c9cccc%10ccc5c(c%109)c6c78)cc4N(c4c(-c5ccc(C(C)(C)C)cc5)cc(C(C)(C)C)cc4-c4ccc(C(C)(C)C)cc4)c4cc(C(C)(C)C)cc2c43)cc1. The number of fused-ring (bicyclic) bond motifs is 8. The zero-order valence-corrected chi connectivity index (χ0v) is 73.4. The maximum atomic E-state index is 2.80. The molecule has 20 rings (SSSR count). The summed E-state index contributed by atoms with van der Waals surface area (Å²) in [5.74, 6) is 0. The number of para-hydroxylation sites is 2. The van der Waals surface area contributed by atoms with Crippen LogP contribution in [0.3, 0.4) is 0 Å². The van der Waals surface area contributed by atoms with Crippen molar-refractivity contribution >= 4 is 133 Å². The Morgan fingerprint density at radius 2 is 0.513 bits per heavy atom. The van der Waals surface area contributed by atoms with Crippen molar-refractivity contribution < 1.29 is 0 Å². The van der Waals surface area contributed by atoms with Crippen molar-refractivity contribution in [3.8, 4) is 55.9 Å². The van der Waals surface area contributed by atoms with Crippen LogP contribution in [0.2, 0.25) is 0 Å². The van der Waals surface area contributed by atoms with Gasteiger partial charge in [-0.15, -0.1) is 0 Å². The van der Waals surface area contributed by atoms with Gasteiger partial charge in [-0.25, -0.2) is 0 Å². The molecule has 18 aromatic rings. The molecular formula is C114H109BN4. The second-order valence-electron chi connectivity index (χ2n) is 41.8. The van der Waals surface area contributed by atoms with E-state index in [1.54, 1.807) is 0 Å². The fraction of sp³-hybridized carbons (Fsp3) is 0.246. The van der Waals surface area contributed by atoms with Crippen LogP contribution in [-0.4, -0.2) is 15.8 Å². The van der Waals surface area contributed by atoms with E-state index in [-0.39, 0.29) is 44.6 Å². The zero-order valence-electron chi connectivity index (χ0n) is 73.4. The molecule has 5 heteroatoms. The normalized spacial score (nSPS) is 13.7. The molecule has 2 aromatic heterocycles. The second-order valence-corrected chi connectivity index (χ2v) is 41.8. The van der Waals surface area contributed by atoms with Gasteiger partial charge in [0.1, 0.15) is 0 Å². The molecule has 0 fully saturated rings. The minimum atomic E-state index is -0.370. The molecule has 0 unspecified atom stereocenters. The predicted octanol–water partition coefficient (Wildman–Crippen LogP) is 30.0. The van der Waals surface area contributed by atoms with Crippen molar-refractivity contribution in [3.05, 3.63) is 318 Å². The maximum absolute atomic E-state index is 2.80. The third-order valence-electron chi connectivity index (χ3n) is 26.7. The summed E-state index contributed by atoms with van der Waals surface area (Å²) in [6.07, 6.45) is 0. The summed E-state index contributed by atoms with van der Waals surface area (Å²) in [7, 11) is 0. The summed E-state index contributed by atoms with van der Waals surface area (Å²) in [5.41, 5.74) is 34.9. The lowest BCUT2D eigenvalue weighted by Crippen LogP contribution is -2.61. The van der Waals surface area contributed by atoms with Crippen LogP contribution >= 0.6 is 0 Å². The minimum absolute atomic E-state index is 0.0680. The molecule has 0 saturated carbocycles. The van der Waals surface area contributed by atoms with E-state index in [1.165, 1.54) is 176 Å². The Morgan fingerprint density at radius 1 is 0.218 bits per heavy atom. The van der Waals surface area contributed by atoms with E-state index < -0.39 is 0 Å². The van der Waals surface area contributed by atoms with Crippen molar-refractivity contribution in [2.24, 2.45) is 0 Å². The third kappa shape index (κ3) is 12.1. The first-order chi connectivity index (χ1) is 56.4. The number of anilines is 6. The highest BCUT2D eigenvalue weighted by atomic mass is 15.2. The van der Waals surface area contributed by atoms with Crippen molar-refractivity contribution in [3.63, 3.8) is 0 Å². The molecule has 0 amide bonds. The van der Waals surface area contributed by atoms with Gasteiger partial charge in [0.25, 0.3) is 6.71 Å². The van der Waals surface area contributed by atoms with Gasteiger partial charge >= 0.3 is 0 Å². The fourth-order valence-corrected chi connectivity index (χ4v) is 19.9. The molecule has 4 nitrogen and oxygen atoms in total. The van der Waals surface area contributed by atoms with E-state index in [0.29, 0.717) is 0 Å². The van der Waals surface area contributed by atoms with Gasteiger partial charge in [0.05, 0.1) is 33.4 Å². The number of benzene rings is 16. The van der Waals surface area contributed by atoms with Gasteiger partial charge in [0.15, 0.2) is 0 Å². The van der Waals surface area contributed by atoms with Crippen LogP contribution in [0.1, 0.15) is 184 Å². The van der Waals surface area contributed by atoms with E-state index in [4.69, 9.17) is 0 Å². The van der Waals surface area contributed by atoms with Crippen molar-refractivity contribution in [2.75, 3.05) is 9.80 Å². The summed E-state index contributed by atoms with van der Waals surface area (Å²) in [6.45, 7) is 49.4. The molecule has 588 valence electrons. The summed E-state index contributed by atoms with van der Waals surface area (Å²) in [4.78, 5) is 5.60. The van der Waals surface area contributed by atoms with Gasteiger partial charge in [0, 0.05) is 77.9 Å². The van der Waals surface area contributed by atoms with Crippen molar-refractivity contribution in [2.45, 2.75) is 183 Å². The molecule has 0 aliphatic carbocycles. The number of hydrogen-bond acceptors (Lipinski definition) is 2. The summed E-state index contributed by atoms with van der Waals surface area (Å²) < 4.78 is 5.15. The molecule has 0 atom stereocenters. The Labute approximate surface area is 704 Å². The van der Waals surface area contributed by atoms with Crippen LogP contribution in [-0.2, 0) is 37.9 Å². The van der Waals surface area contributed by atoms with Gasteiger partial charge in [-0.2, -0.15) is 0 Å². The molecule has 2 aliphatic heterocycles. The predicted molar refractivity (Wildman–Crippen MR) is 517 cm³/mol. The van der Waals surface area contributed by atoms with Gasteiger partial charge in [-0.3, -0.25) is 0 Å². The number of hydrogen-bond donors (Lipinski definition) is 0.